The van der Waals surface area contributed by atoms with Crippen LogP contribution in [0.4, 0.5) is 0 Å². The summed E-state index contributed by atoms with van der Waals surface area (Å²) in [7, 11) is 0. The third-order valence-corrected chi connectivity index (χ3v) is 2.32. The summed E-state index contributed by atoms with van der Waals surface area (Å²) in [4.78, 5) is 43.8. The van der Waals surface area contributed by atoms with Crippen LogP contribution in [0.1, 0.15) is 26.7 Å². The monoisotopic (exact) mass is 240 g/mol. The van der Waals surface area contributed by atoms with Crippen LogP contribution in [0.5, 0.6) is 0 Å². The van der Waals surface area contributed by atoms with Gasteiger partial charge in [-0.1, -0.05) is 6.58 Å². The van der Waals surface area contributed by atoms with Gasteiger partial charge in [0.05, 0.1) is 11.9 Å². The fourth-order valence-electron chi connectivity index (χ4n) is 1.59. The topological polar surface area (TPSA) is 114 Å². The molecule has 0 saturated carbocycles. The minimum Gasteiger partial charge on any atom is -0.549 e. The highest BCUT2D eigenvalue weighted by Gasteiger charge is 2.38. The summed E-state index contributed by atoms with van der Waals surface area (Å²) in [5.41, 5.74) is -3.06. The first-order valence-corrected chi connectivity index (χ1v) is 4.74. The molecular formula is C11H12O6-2. The summed E-state index contributed by atoms with van der Waals surface area (Å²) >= 11 is 0. The molecule has 0 spiro atoms. The van der Waals surface area contributed by atoms with E-state index in [2.05, 4.69) is 6.58 Å². The third kappa shape index (κ3) is 3.51. The maximum atomic E-state index is 11.1. The number of carbonyl (C=O) groups excluding carboxylic acids is 4. The number of hydrogen-bond donors (Lipinski definition) is 0. The molecular weight excluding hydrogens is 228 g/mol. The zero-order valence-electron chi connectivity index (χ0n) is 9.57. The molecule has 0 unspecified atom stereocenters. The number of ketones is 2. The van der Waals surface area contributed by atoms with Gasteiger partial charge in [-0.2, -0.15) is 0 Å². The largest absolute Gasteiger partial charge is 0.549 e. The van der Waals surface area contributed by atoms with E-state index in [9.17, 15) is 29.4 Å². The normalized spacial score (nSPS) is 10.7. The molecule has 0 N–H and O–H groups in total. The lowest BCUT2D eigenvalue weighted by Crippen LogP contribution is -2.49. The minimum atomic E-state index is -2.23. The van der Waals surface area contributed by atoms with Crippen molar-refractivity contribution >= 4 is 23.5 Å². The summed E-state index contributed by atoms with van der Waals surface area (Å²) in [6.45, 7) is 5.23. The van der Waals surface area contributed by atoms with Gasteiger partial charge in [0.25, 0.3) is 0 Å². The van der Waals surface area contributed by atoms with Crippen molar-refractivity contribution < 1.29 is 29.4 Å². The molecule has 0 atom stereocenters. The summed E-state index contributed by atoms with van der Waals surface area (Å²) in [5, 5.41) is 21.8. The zero-order valence-corrected chi connectivity index (χ0v) is 9.57. The van der Waals surface area contributed by atoms with E-state index in [4.69, 9.17) is 0 Å². The van der Waals surface area contributed by atoms with E-state index in [1.54, 1.807) is 0 Å². The molecule has 17 heavy (non-hydrogen) atoms. The Hall–Kier alpha value is -1.98. The van der Waals surface area contributed by atoms with Gasteiger partial charge in [0.2, 0.25) is 0 Å². The Morgan fingerprint density at radius 1 is 1.00 bits per heavy atom. The molecule has 0 aromatic carbocycles. The number of rotatable bonds is 7. The predicted octanol–water partition coefficient (Wildman–Crippen LogP) is -2.01. The van der Waals surface area contributed by atoms with Crippen LogP contribution < -0.4 is 10.2 Å². The van der Waals surface area contributed by atoms with Crippen LogP contribution in [0.2, 0.25) is 0 Å². The lowest BCUT2D eigenvalue weighted by Gasteiger charge is -2.35. The van der Waals surface area contributed by atoms with Crippen molar-refractivity contribution in [2.24, 2.45) is 5.41 Å². The Morgan fingerprint density at radius 3 is 1.53 bits per heavy atom. The SMILES string of the molecule is C=C(C(=O)[O-])C(CC(C)=O)(CC(C)=O)C(=O)[O-]. The second-order valence-electron chi connectivity index (χ2n) is 3.89. The number of carbonyl (C=O) groups is 4. The first-order valence-electron chi connectivity index (χ1n) is 4.74. The van der Waals surface area contributed by atoms with Gasteiger partial charge in [-0.15, -0.1) is 0 Å². The van der Waals surface area contributed by atoms with Crippen molar-refractivity contribution in [1.29, 1.82) is 0 Å². The molecule has 0 radical (unpaired) electrons. The molecule has 0 heterocycles. The van der Waals surface area contributed by atoms with Crippen molar-refractivity contribution in [3.8, 4) is 0 Å². The summed E-state index contributed by atoms with van der Waals surface area (Å²) in [5.74, 6) is -4.82. The van der Waals surface area contributed by atoms with Gasteiger partial charge in [-0.3, -0.25) is 9.59 Å². The molecule has 6 heteroatoms. The third-order valence-electron chi connectivity index (χ3n) is 2.32. The zero-order chi connectivity index (χ0) is 13.8. The molecule has 0 aliphatic heterocycles. The number of carboxylic acid groups (broad SMARTS) is 2. The van der Waals surface area contributed by atoms with Crippen molar-refractivity contribution in [3.63, 3.8) is 0 Å². The Bertz CT molecular complexity index is 377. The molecule has 0 amide bonds. The minimum absolute atomic E-state index is 0.585. The van der Waals surface area contributed by atoms with Gasteiger partial charge in [0, 0.05) is 18.3 Å². The van der Waals surface area contributed by atoms with E-state index in [1.165, 1.54) is 0 Å². The lowest BCUT2D eigenvalue weighted by atomic mass is 9.73. The molecule has 0 rings (SSSR count). The molecule has 0 saturated heterocycles. The Kier molecular flexibility index (Phi) is 4.75. The van der Waals surface area contributed by atoms with Crippen LogP contribution in [0.3, 0.4) is 0 Å². The van der Waals surface area contributed by atoms with Crippen molar-refractivity contribution in [3.05, 3.63) is 12.2 Å². The van der Waals surface area contributed by atoms with Gasteiger partial charge in [-0.25, -0.2) is 0 Å². The lowest BCUT2D eigenvalue weighted by molar-refractivity contribution is -0.321. The van der Waals surface area contributed by atoms with E-state index < -0.39 is 47.3 Å². The molecule has 0 aromatic heterocycles. The molecule has 94 valence electrons. The van der Waals surface area contributed by atoms with Crippen molar-refractivity contribution in [2.75, 3.05) is 0 Å². The van der Waals surface area contributed by atoms with Crippen molar-refractivity contribution in [2.45, 2.75) is 26.7 Å². The molecule has 0 fully saturated rings. The number of Topliss-reactive ketones (excluding diaryl/α,β-unsaturated/α-hetero) is 2. The van der Waals surface area contributed by atoms with Gasteiger partial charge in [-0.05, 0) is 19.4 Å². The molecule has 0 aromatic rings. The van der Waals surface area contributed by atoms with E-state index in [0.29, 0.717) is 0 Å². The quantitative estimate of drug-likeness (QED) is 0.475. The van der Waals surface area contributed by atoms with E-state index in [0.717, 1.165) is 13.8 Å². The highest BCUT2D eigenvalue weighted by atomic mass is 16.4. The van der Waals surface area contributed by atoms with Crippen LogP contribution in [0.25, 0.3) is 0 Å². The fraction of sp³-hybridized carbons (Fsp3) is 0.455. The number of carboxylic acids is 2. The number of hydrogen-bond acceptors (Lipinski definition) is 6. The van der Waals surface area contributed by atoms with Crippen LogP contribution in [-0.2, 0) is 19.2 Å². The van der Waals surface area contributed by atoms with Gasteiger partial charge >= 0.3 is 0 Å². The van der Waals surface area contributed by atoms with Gasteiger partial charge in [0.1, 0.15) is 11.6 Å². The van der Waals surface area contributed by atoms with Crippen LogP contribution in [0.15, 0.2) is 12.2 Å². The Morgan fingerprint density at radius 2 is 1.35 bits per heavy atom. The molecule has 6 nitrogen and oxygen atoms in total. The second kappa shape index (κ2) is 5.38. The maximum Gasteiger partial charge on any atom is 0.131 e. The second-order valence-corrected chi connectivity index (χ2v) is 3.89. The van der Waals surface area contributed by atoms with Crippen LogP contribution >= 0.6 is 0 Å². The van der Waals surface area contributed by atoms with E-state index >= 15 is 0 Å². The smallest absolute Gasteiger partial charge is 0.131 e. The molecule has 0 aliphatic carbocycles. The highest BCUT2D eigenvalue weighted by Crippen LogP contribution is 2.34. The highest BCUT2D eigenvalue weighted by molar-refractivity contribution is 6.00. The van der Waals surface area contributed by atoms with E-state index in [-0.39, 0.29) is 0 Å². The molecule has 0 aliphatic rings. The average molecular weight is 240 g/mol. The Labute approximate surface area is 97.9 Å². The summed E-state index contributed by atoms with van der Waals surface area (Å²) in [6, 6.07) is 0. The fourth-order valence-corrected chi connectivity index (χ4v) is 1.59. The van der Waals surface area contributed by atoms with E-state index in [1.807, 2.05) is 0 Å². The number of aliphatic carboxylic acids is 2. The first kappa shape index (κ1) is 15.0. The summed E-state index contributed by atoms with van der Waals surface area (Å²) in [6.07, 6.45) is -1.33. The average Bonchev–Trinajstić information content (AvgIpc) is 2.13. The van der Waals surface area contributed by atoms with Crippen molar-refractivity contribution in [1.82, 2.24) is 0 Å². The Balaban J connectivity index is 5.62. The summed E-state index contributed by atoms with van der Waals surface area (Å²) < 4.78 is 0. The first-order chi connectivity index (χ1) is 7.63. The predicted molar refractivity (Wildman–Crippen MR) is 52.2 cm³/mol. The maximum absolute atomic E-state index is 11.1. The van der Waals surface area contributed by atoms with Crippen LogP contribution in [0, 0.1) is 5.41 Å². The van der Waals surface area contributed by atoms with Gasteiger partial charge < -0.3 is 19.8 Å². The van der Waals surface area contributed by atoms with Gasteiger partial charge in [0.15, 0.2) is 0 Å². The van der Waals surface area contributed by atoms with Crippen LogP contribution in [-0.4, -0.2) is 23.5 Å². The molecule has 0 bridgehead atoms. The standard InChI is InChI=1S/C11H14O6/c1-6(12)4-11(10(16)17,5-7(2)13)8(3)9(14)15/h3-5H2,1-2H3,(H,14,15)(H,16,17)/p-2.